The van der Waals surface area contributed by atoms with Crippen molar-refractivity contribution in [2.24, 2.45) is 0 Å². The molecule has 4 rings (SSSR count). The van der Waals surface area contributed by atoms with Crippen LogP contribution in [0.3, 0.4) is 0 Å². The van der Waals surface area contributed by atoms with Gasteiger partial charge in [-0.3, -0.25) is 0 Å². The van der Waals surface area contributed by atoms with Gasteiger partial charge in [0.1, 0.15) is 18.2 Å². The van der Waals surface area contributed by atoms with Crippen LogP contribution >= 0.6 is 12.2 Å². The summed E-state index contributed by atoms with van der Waals surface area (Å²) >= 11 is 5.77. The Labute approximate surface area is 192 Å². The third-order valence-electron chi connectivity index (χ3n) is 5.51. The zero-order chi connectivity index (χ0) is 22.5. The zero-order valence-corrected chi connectivity index (χ0v) is 18.8. The van der Waals surface area contributed by atoms with Crippen LogP contribution in [-0.2, 0) is 6.42 Å². The van der Waals surface area contributed by atoms with Gasteiger partial charge in [-0.25, -0.2) is 4.39 Å². The molecule has 5 nitrogen and oxygen atoms in total. The molecule has 0 saturated heterocycles. The molecule has 0 saturated carbocycles. The van der Waals surface area contributed by atoms with Crippen LogP contribution in [0, 0.1) is 5.82 Å². The maximum atomic E-state index is 13.3. The average molecular weight is 453 g/mol. The highest BCUT2D eigenvalue weighted by Gasteiger charge is 2.31. The third kappa shape index (κ3) is 4.78. The monoisotopic (exact) mass is 452 g/mol. The SMILES string of the molecule is COc1cc2c(cc1OC)[C@@H](COc1ccc(F)cc1)N(C(=S)Nc1ccccc1)CC2. The van der Waals surface area contributed by atoms with E-state index in [0.29, 0.717) is 29.0 Å². The quantitative estimate of drug-likeness (QED) is 0.518. The van der Waals surface area contributed by atoms with E-state index >= 15 is 0 Å². The van der Waals surface area contributed by atoms with Gasteiger partial charge in [0.15, 0.2) is 16.6 Å². The number of benzene rings is 3. The van der Waals surface area contributed by atoms with Crippen molar-refractivity contribution in [2.45, 2.75) is 12.5 Å². The second kappa shape index (κ2) is 9.87. The van der Waals surface area contributed by atoms with Gasteiger partial charge in [-0.2, -0.15) is 0 Å². The van der Waals surface area contributed by atoms with Gasteiger partial charge in [0.2, 0.25) is 0 Å². The van der Waals surface area contributed by atoms with Gasteiger partial charge in [0.25, 0.3) is 0 Å². The summed E-state index contributed by atoms with van der Waals surface area (Å²) in [6.07, 6.45) is 0.805. The van der Waals surface area contributed by atoms with E-state index < -0.39 is 0 Å². The van der Waals surface area contributed by atoms with Gasteiger partial charge in [0, 0.05) is 12.2 Å². The molecule has 1 atom stereocenters. The highest BCUT2D eigenvalue weighted by molar-refractivity contribution is 7.80. The first-order valence-electron chi connectivity index (χ1n) is 10.3. The number of fused-ring (bicyclic) bond motifs is 1. The van der Waals surface area contributed by atoms with Crippen LogP contribution < -0.4 is 19.5 Å². The van der Waals surface area contributed by atoms with Crippen LogP contribution in [0.1, 0.15) is 17.2 Å². The van der Waals surface area contributed by atoms with E-state index in [9.17, 15) is 4.39 Å². The number of hydrogen-bond donors (Lipinski definition) is 1. The highest BCUT2D eigenvalue weighted by atomic mass is 32.1. The fourth-order valence-corrected chi connectivity index (χ4v) is 4.21. The molecule has 0 aliphatic carbocycles. The van der Waals surface area contributed by atoms with Gasteiger partial charge >= 0.3 is 0 Å². The Morgan fingerprint density at radius 1 is 1.03 bits per heavy atom. The molecule has 0 spiro atoms. The summed E-state index contributed by atoms with van der Waals surface area (Å²) in [5.74, 6) is 1.65. The number of methoxy groups -OCH3 is 2. The second-order valence-corrected chi connectivity index (χ2v) is 7.81. The molecule has 0 amide bonds. The Balaban J connectivity index is 1.64. The smallest absolute Gasteiger partial charge is 0.174 e. The number of rotatable bonds is 6. The van der Waals surface area contributed by atoms with Gasteiger partial charge in [-0.1, -0.05) is 18.2 Å². The predicted octanol–water partition coefficient (Wildman–Crippen LogP) is 5.22. The van der Waals surface area contributed by atoms with E-state index in [4.69, 9.17) is 26.4 Å². The number of nitrogens with zero attached hydrogens (tertiary/aromatic N) is 1. The molecular formula is C25H25FN2O3S. The van der Waals surface area contributed by atoms with Crippen LogP contribution in [0.5, 0.6) is 17.2 Å². The molecule has 1 heterocycles. The number of nitrogens with one attached hydrogen (secondary N) is 1. The van der Waals surface area contributed by atoms with E-state index in [0.717, 1.165) is 29.8 Å². The van der Waals surface area contributed by atoms with Crippen LogP contribution in [0.2, 0.25) is 0 Å². The molecule has 7 heteroatoms. The highest BCUT2D eigenvalue weighted by Crippen LogP contribution is 2.38. The summed E-state index contributed by atoms with van der Waals surface area (Å²) in [5, 5.41) is 3.94. The summed E-state index contributed by atoms with van der Waals surface area (Å²) in [7, 11) is 3.25. The van der Waals surface area contributed by atoms with E-state index in [-0.39, 0.29) is 11.9 Å². The van der Waals surface area contributed by atoms with Crippen molar-refractivity contribution in [2.75, 3.05) is 32.7 Å². The Hall–Kier alpha value is -3.32. The first kappa shape index (κ1) is 21.9. The molecule has 0 bridgehead atoms. The Morgan fingerprint density at radius 2 is 1.72 bits per heavy atom. The summed E-state index contributed by atoms with van der Waals surface area (Å²) in [6, 6.07) is 19.7. The molecule has 1 aliphatic rings. The van der Waals surface area contributed by atoms with Crippen molar-refractivity contribution >= 4 is 23.0 Å². The first-order chi connectivity index (χ1) is 15.6. The van der Waals surface area contributed by atoms with Crippen molar-refractivity contribution in [3.8, 4) is 17.2 Å². The maximum absolute atomic E-state index is 13.3. The normalized spacial score (nSPS) is 15.0. The molecule has 0 fully saturated rings. The molecule has 32 heavy (non-hydrogen) atoms. The second-order valence-electron chi connectivity index (χ2n) is 7.43. The number of para-hydroxylation sites is 1. The molecule has 166 valence electrons. The predicted molar refractivity (Wildman–Crippen MR) is 127 cm³/mol. The lowest BCUT2D eigenvalue weighted by molar-refractivity contribution is 0.190. The number of hydrogen-bond acceptors (Lipinski definition) is 4. The Bertz CT molecular complexity index is 1080. The fraction of sp³-hybridized carbons (Fsp3) is 0.240. The summed E-state index contributed by atoms with van der Waals surface area (Å²) in [5.41, 5.74) is 3.15. The van der Waals surface area contributed by atoms with Crippen molar-refractivity contribution in [3.63, 3.8) is 0 Å². The van der Waals surface area contributed by atoms with E-state index in [1.54, 1.807) is 26.4 Å². The minimum Gasteiger partial charge on any atom is -0.493 e. The molecule has 3 aromatic rings. The number of anilines is 1. The standard InChI is InChI=1S/C25H25FN2O3S/c1-29-23-14-17-12-13-28(25(32)27-19-6-4-3-5-7-19)22(21(17)15-24(23)30-2)16-31-20-10-8-18(26)9-11-20/h3-11,14-15,22H,12-13,16H2,1-2H3,(H,27,32)/t22-/m1/s1. The van der Waals surface area contributed by atoms with E-state index in [2.05, 4.69) is 10.2 Å². The zero-order valence-electron chi connectivity index (χ0n) is 18.0. The van der Waals surface area contributed by atoms with E-state index in [1.807, 2.05) is 42.5 Å². The lowest BCUT2D eigenvalue weighted by atomic mass is 9.92. The van der Waals surface area contributed by atoms with E-state index in [1.165, 1.54) is 12.1 Å². The summed E-state index contributed by atoms with van der Waals surface area (Å²) < 4.78 is 30.4. The summed E-state index contributed by atoms with van der Waals surface area (Å²) in [4.78, 5) is 2.13. The largest absolute Gasteiger partial charge is 0.493 e. The molecule has 3 aromatic carbocycles. The Kier molecular flexibility index (Phi) is 6.75. The van der Waals surface area contributed by atoms with Gasteiger partial charge in [0.05, 0.1) is 20.3 Å². The minimum absolute atomic E-state index is 0.160. The summed E-state index contributed by atoms with van der Waals surface area (Å²) in [6.45, 7) is 1.06. The lowest BCUT2D eigenvalue weighted by Gasteiger charge is -2.39. The maximum Gasteiger partial charge on any atom is 0.174 e. The molecule has 0 unspecified atom stereocenters. The third-order valence-corrected chi connectivity index (χ3v) is 5.85. The van der Waals surface area contributed by atoms with Crippen LogP contribution in [0.15, 0.2) is 66.7 Å². The van der Waals surface area contributed by atoms with Gasteiger partial charge in [-0.05, 0) is 78.3 Å². The number of thiocarbonyl (C=S) groups is 1. The van der Waals surface area contributed by atoms with Crippen molar-refractivity contribution in [1.82, 2.24) is 4.90 Å². The number of ether oxygens (including phenoxy) is 3. The molecule has 1 aliphatic heterocycles. The van der Waals surface area contributed by atoms with Crippen molar-refractivity contribution < 1.29 is 18.6 Å². The molecular weight excluding hydrogens is 427 g/mol. The number of halogens is 1. The topological polar surface area (TPSA) is 43.0 Å². The van der Waals surface area contributed by atoms with Gasteiger partial charge < -0.3 is 24.4 Å². The first-order valence-corrected chi connectivity index (χ1v) is 10.8. The minimum atomic E-state index is -0.299. The fourth-order valence-electron chi connectivity index (χ4n) is 3.87. The van der Waals surface area contributed by atoms with Crippen LogP contribution in [0.25, 0.3) is 0 Å². The van der Waals surface area contributed by atoms with Crippen molar-refractivity contribution in [1.29, 1.82) is 0 Å². The Morgan fingerprint density at radius 3 is 2.41 bits per heavy atom. The molecule has 0 radical (unpaired) electrons. The lowest BCUT2D eigenvalue weighted by Crippen LogP contribution is -2.44. The molecule has 1 N–H and O–H groups in total. The van der Waals surface area contributed by atoms with Crippen LogP contribution in [0.4, 0.5) is 10.1 Å². The van der Waals surface area contributed by atoms with Gasteiger partial charge in [-0.15, -0.1) is 0 Å². The van der Waals surface area contributed by atoms with Crippen molar-refractivity contribution in [3.05, 3.63) is 83.7 Å². The van der Waals surface area contributed by atoms with Crippen LogP contribution in [-0.4, -0.2) is 37.4 Å². The molecule has 0 aromatic heterocycles. The average Bonchev–Trinajstić information content (AvgIpc) is 2.83.